The minimum absolute atomic E-state index is 0.0357. The van der Waals surface area contributed by atoms with Gasteiger partial charge in [-0.15, -0.1) is 11.8 Å². The van der Waals surface area contributed by atoms with E-state index >= 15 is 0 Å². The summed E-state index contributed by atoms with van der Waals surface area (Å²) < 4.78 is 0. The monoisotopic (exact) mass is 253 g/mol. The van der Waals surface area contributed by atoms with E-state index in [2.05, 4.69) is 19.2 Å². The Balaban J connectivity index is 2.36. The Bertz CT molecular complexity index is 366. The summed E-state index contributed by atoms with van der Waals surface area (Å²) in [6.07, 6.45) is 0. The summed E-state index contributed by atoms with van der Waals surface area (Å²) in [5.74, 6) is 0.946. The van der Waals surface area contributed by atoms with Gasteiger partial charge in [0, 0.05) is 11.4 Å². The molecule has 0 spiro atoms. The van der Waals surface area contributed by atoms with Crippen LogP contribution in [0.3, 0.4) is 0 Å². The van der Waals surface area contributed by atoms with E-state index in [0.717, 1.165) is 17.0 Å². The van der Waals surface area contributed by atoms with E-state index in [0.29, 0.717) is 11.7 Å². The largest absolute Gasteiger partial charge is 0.392 e. The van der Waals surface area contributed by atoms with Gasteiger partial charge in [-0.2, -0.15) is 0 Å². The first-order chi connectivity index (χ1) is 8.11. The molecule has 0 bridgehead atoms. The molecule has 0 aromatic heterocycles. The lowest BCUT2D eigenvalue weighted by Crippen LogP contribution is -2.28. The van der Waals surface area contributed by atoms with E-state index in [-0.39, 0.29) is 12.5 Å². The summed E-state index contributed by atoms with van der Waals surface area (Å²) >= 11 is 1.49. The molecule has 0 aliphatic carbocycles. The van der Waals surface area contributed by atoms with Crippen molar-refractivity contribution in [3.63, 3.8) is 0 Å². The molecular weight excluding hydrogens is 234 g/mol. The third-order valence-electron chi connectivity index (χ3n) is 2.16. The fraction of sp³-hybridized carbons (Fsp3) is 0.462. The third-order valence-corrected chi connectivity index (χ3v) is 3.15. The summed E-state index contributed by atoms with van der Waals surface area (Å²) in [6.45, 7) is 4.89. The number of carbonyl (C=O) groups excluding carboxylic acids is 1. The number of thioether (sulfide) groups is 1. The Kier molecular flexibility index (Phi) is 6.08. The highest BCUT2D eigenvalue weighted by Gasteiger charge is 2.03. The van der Waals surface area contributed by atoms with Crippen molar-refractivity contribution >= 4 is 17.7 Å². The van der Waals surface area contributed by atoms with Crippen LogP contribution in [0.1, 0.15) is 19.4 Å². The van der Waals surface area contributed by atoms with Crippen molar-refractivity contribution < 1.29 is 9.90 Å². The SMILES string of the molecule is CC(C)CNC(=O)CSc1cccc(CO)c1. The lowest BCUT2D eigenvalue weighted by Gasteiger charge is -2.07. The van der Waals surface area contributed by atoms with Gasteiger partial charge >= 0.3 is 0 Å². The molecular formula is C13H19NO2S. The standard InChI is InChI=1S/C13H19NO2S/c1-10(2)7-14-13(16)9-17-12-5-3-4-11(6-12)8-15/h3-6,10,15H,7-9H2,1-2H3,(H,14,16). The van der Waals surface area contributed by atoms with Crippen molar-refractivity contribution in [3.05, 3.63) is 29.8 Å². The van der Waals surface area contributed by atoms with Crippen LogP contribution in [0.4, 0.5) is 0 Å². The van der Waals surface area contributed by atoms with Crippen molar-refractivity contribution in [2.24, 2.45) is 5.92 Å². The number of hydrogen-bond acceptors (Lipinski definition) is 3. The number of nitrogens with one attached hydrogen (secondary N) is 1. The number of carbonyl (C=O) groups is 1. The van der Waals surface area contributed by atoms with Crippen LogP contribution >= 0.6 is 11.8 Å². The average molecular weight is 253 g/mol. The zero-order valence-corrected chi connectivity index (χ0v) is 11.1. The number of aliphatic hydroxyl groups excluding tert-OH is 1. The Morgan fingerprint density at radius 3 is 2.88 bits per heavy atom. The second-order valence-corrected chi connectivity index (χ2v) is 5.34. The summed E-state index contributed by atoms with van der Waals surface area (Å²) in [6, 6.07) is 7.60. The molecule has 0 unspecified atom stereocenters. The second-order valence-electron chi connectivity index (χ2n) is 4.29. The smallest absolute Gasteiger partial charge is 0.230 e. The highest BCUT2D eigenvalue weighted by Crippen LogP contribution is 2.18. The minimum atomic E-state index is 0.0357. The van der Waals surface area contributed by atoms with Crippen molar-refractivity contribution in [1.82, 2.24) is 5.32 Å². The van der Waals surface area contributed by atoms with Gasteiger partial charge in [0.05, 0.1) is 12.4 Å². The summed E-state index contributed by atoms with van der Waals surface area (Å²) in [5, 5.41) is 11.9. The summed E-state index contributed by atoms with van der Waals surface area (Å²) in [7, 11) is 0. The fourth-order valence-corrected chi connectivity index (χ4v) is 2.06. The Morgan fingerprint density at radius 1 is 1.47 bits per heavy atom. The van der Waals surface area contributed by atoms with Gasteiger partial charge in [0.25, 0.3) is 0 Å². The van der Waals surface area contributed by atoms with Gasteiger partial charge in [-0.3, -0.25) is 4.79 Å². The molecule has 94 valence electrons. The zero-order valence-electron chi connectivity index (χ0n) is 10.3. The van der Waals surface area contributed by atoms with E-state index in [1.807, 2.05) is 24.3 Å². The number of rotatable bonds is 6. The number of amides is 1. The van der Waals surface area contributed by atoms with Crippen LogP contribution in [0.5, 0.6) is 0 Å². The van der Waals surface area contributed by atoms with Crippen LogP contribution in [0, 0.1) is 5.92 Å². The molecule has 1 aromatic carbocycles. The summed E-state index contributed by atoms with van der Waals surface area (Å²) in [4.78, 5) is 12.5. The highest BCUT2D eigenvalue weighted by atomic mass is 32.2. The van der Waals surface area contributed by atoms with E-state index in [1.54, 1.807) is 0 Å². The first-order valence-electron chi connectivity index (χ1n) is 5.71. The first-order valence-corrected chi connectivity index (χ1v) is 6.69. The van der Waals surface area contributed by atoms with Crippen molar-refractivity contribution in [2.75, 3.05) is 12.3 Å². The molecule has 1 aromatic rings. The van der Waals surface area contributed by atoms with E-state index < -0.39 is 0 Å². The van der Waals surface area contributed by atoms with Gasteiger partial charge in [-0.1, -0.05) is 26.0 Å². The third kappa shape index (κ3) is 5.75. The van der Waals surface area contributed by atoms with E-state index in [9.17, 15) is 4.79 Å². The van der Waals surface area contributed by atoms with Gasteiger partial charge in [0.2, 0.25) is 5.91 Å². The topological polar surface area (TPSA) is 49.3 Å². The normalized spacial score (nSPS) is 10.6. The Labute approximate surface area is 107 Å². The number of benzene rings is 1. The zero-order chi connectivity index (χ0) is 12.7. The number of aliphatic hydroxyl groups is 1. The predicted octanol–water partition coefficient (Wildman–Crippen LogP) is 2.04. The maximum absolute atomic E-state index is 11.5. The summed E-state index contributed by atoms with van der Waals surface area (Å²) in [5.41, 5.74) is 0.873. The van der Waals surface area contributed by atoms with Gasteiger partial charge in [-0.25, -0.2) is 0 Å². The predicted molar refractivity (Wildman–Crippen MR) is 70.9 cm³/mol. The van der Waals surface area contributed by atoms with Crippen LogP contribution in [0.15, 0.2) is 29.2 Å². The Morgan fingerprint density at radius 2 is 2.24 bits per heavy atom. The van der Waals surface area contributed by atoms with Crippen LogP contribution in [0.25, 0.3) is 0 Å². The maximum atomic E-state index is 11.5. The molecule has 0 atom stereocenters. The van der Waals surface area contributed by atoms with E-state index in [4.69, 9.17) is 5.11 Å². The molecule has 0 aliphatic rings. The minimum Gasteiger partial charge on any atom is -0.392 e. The lowest BCUT2D eigenvalue weighted by atomic mass is 10.2. The molecule has 0 saturated carbocycles. The molecule has 0 radical (unpaired) electrons. The van der Waals surface area contributed by atoms with Crippen LogP contribution in [0.2, 0.25) is 0 Å². The average Bonchev–Trinajstić information content (AvgIpc) is 2.34. The van der Waals surface area contributed by atoms with Gasteiger partial charge in [0.15, 0.2) is 0 Å². The molecule has 3 nitrogen and oxygen atoms in total. The molecule has 1 rings (SSSR count). The van der Waals surface area contributed by atoms with Crippen molar-refractivity contribution in [3.8, 4) is 0 Å². The maximum Gasteiger partial charge on any atom is 0.230 e. The molecule has 2 N–H and O–H groups in total. The van der Waals surface area contributed by atoms with E-state index in [1.165, 1.54) is 11.8 Å². The molecule has 17 heavy (non-hydrogen) atoms. The van der Waals surface area contributed by atoms with Crippen LogP contribution < -0.4 is 5.32 Å². The Hall–Kier alpha value is -1.00. The molecule has 0 saturated heterocycles. The van der Waals surface area contributed by atoms with Gasteiger partial charge in [0.1, 0.15) is 0 Å². The van der Waals surface area contributed by atoms with Crippen molar-refractivity contribution in [1.29, 1.82) is 0 Å². The van der Waals surface area contributed by atoms with Crippen molar-refractivity contribution in [2.45, 2.75) is 25.3 Å². The molecule has 0 aliphatic heterocycles. The molecule has 0 heterocycles. The fourth-order valence-electron chi connectivity index (χ4n) is 1.25. The number of hydrogen-bond donors (Lipinski definition) is 2. The highest BCUT2D eigenvalue weighted by molar-refractivity contribution is 8.00. The lowest BCUT2D eigenvalue weighted by molar-refractivity contribution is -0.118. The first kappa shape index (κ1) is 14.1. The van der Waals surface area contributed by atoms with Gasteiger partial charge in [-0.05, 0) is 23.6 Å². The molecule has 4 heteroatoms. The molecule has 0 fully saturated rings. The quantitative estimate of drug-likeness (QED) is 0.763. The van der Waals surface area contributed by atoms with Gasteiger partial charge < -0.3 is 10.4 Å². The van der Waals surface area contributed by atoms with Crippen LogP contribution in [-0.2, 0) is 11.4 Å². The van der Waals surface area contributed by atoms with Crippen LogP contribution in [-0.4, -0.2) is 23.3 Å². The molecule has 1 amide bonds. The second kappa shape index (κ2) is 7.35.